The van der Waals surface area contributed by atoms with Gasteiger partial charge in [-0.05, 0) is 18.2 Å². The Bertz CT molecular complexity index is 592. The summed E-state index contributed by atoms with van der Waals surface area (Å²) >= 11 is 3.59. The number of hydrogen-bond donors (Lipinski definition) is 0. The Labute approximate surface area is 126 Å². The van der Waals surface area contributed by atoms with Crippen molar-refractivity contribution in [3.05, 3.63) is 64.1 Å². The minimum absolute atomic E-state index is 0.568. The van der Waals surface area contributed by atoms with E-state index in [4.69, 9.17) is 14.2 Å². The van der Waals surface area contributed by atoms with E-state index in [9.17, 15) is 0 Å². The second kappa shape index (κ2) is 5.56. The molecule has 2 aromatic rings. The highest BCUT2D eigenvalue weighted by Gasteiger charge is 2.42. The lowest BCUT2D eigenvalue weighted by Gasteiger charge is -2.29. The Hall–Kier alpha value is -1.36. The van der Waals surface area contributed by atoms with Gasteiger partial charge in [0, 0.05) is 15.6 Å². The van der Waals surface area contributed by atoms with Gasteiger partial charge in [-0.1, -0.05) is 46.3 Å². The molecule has 0 bridgehead atoms. The van der Waals surface area contributed by atoms with Crippen LogP contribution in [0.25, 0.3) is 0 Å². The molecule has 1 saturated heterocycles. The Kier molecular flexibility index (Phi) is 3.78. The van der Waals surface area contributed by atoms with Crippen LogP contribution in [-0.2, 0) is 15.3 Å². The van der Waals surface area contributed by atoms with Gasteiger partial charge in [0.1, 0.15) is 5.75 Å². The normalized spacial score (nSPS) is 17.1. The highest BCUT2D eigenvalue weighted by Crippen LogP contribution is 2.42. The van der Waals surface area contributed by atoms with Crippen molar-refractivity contribution in [1.29, 1.82) is 0 Å². The highest BCUT2D eigenvalue weighted by atomic mass is 79.9. The maximum absolute atomic E-state index is 5.99. The molecule has 0 amide bonds. The minimum Gasteiger partial charge on any atom is -0.497 e. The molecule has 0 unspecified atom stereocenters. The van der Waals surface area contributed by atoms with Gasteiger partial charge in [0.25, 0.3) is 0 Å². The average Bonchev–Trinajstić information content (AvgIpc) is 2.99. The summed E-state index contributed by atoms with van der Waals surface area (Å²) in [5, 5.41) is 0. The Morgan fingerprint density at radius 3 is 2.40 bits per heavy atom. The van der Waals surface area contributed by atoms with E-state index in [1.807, 2.05) is 48.5 Å². The van der Waals surface area contributed by atoms with Gasteiger partial charge in [0.05, 0.1) is 20.3 Å². The summed E-state index contributed by atoms with van der Waals surface area (Å²) in [5.41, 5.74) is 1.90. The number of hydrogen-bond acceptors (Lipinski definition) is 3. The van der Waals surface area contributed by atoms with Crippen molar-refractivity contribution < 1.29 is 14.2 Å². The molecular weight excluding hydrogens is 320 g/mol. The first-order valence-electron chi connectivity index (χ1n) is 6.44. The third-order valence-corrected chi connectivity index (χ3v) is 4.07. The second-order valence-corrected chi connectivity index (χ2v) is 5.38. The fraction of sp³-hybridized carbons (Fsp3) is 0.250. The molecule has 20 heavy (non-hydrogen) atoms. The first kappa shape index (κ1) is 13.6. The third-order valence-electron chi connectivity index (χ3n) is 3.38. The smallest absolute Gasteiger partial charge is 0.223 e. The highest BCUT2D eigenvalue weighted by molar-refractivity contribution is 9.10. The van der Waals surface area contributed by atoms with Crippen molar-refractivity contribution in [3.63, 3.8) is 0 Å². The van der Waals surface area contributed by atoms with E-state index in [0.717, 1.165) is 21.3 Å². The van der Waals surface area contributed by atoms with Gasteiger partial charge in [0.15, 0.2) is 0 Å². The Morgan fingerprint density at radius 2 is 1.75 bits per heavy atom. The molecule has 0 aliphatic carbocycles. The van der Waals surface area contributed by atoms with Gasteiger partial charge in [-0.15, -0.1) is 0 Å². The molecular formula is C16H15BrO3. The van der Waals surface area contributed by atoms with Crippen molar-refractivity contribution in [2.45, 2.75) is 5.79 Å². The van der Waals surface area contributed by atoms with Crippen LogP contribution in [0.4, 0.5) is 0 Å². The molecule has 0 radical (unpaired) electrons. The first-order chi connectivity index (χ1) is 9.76. The summed E-state index contributed by atoms with van der Waals surface area (Å²) in [6.45, 7) is 1.14. The minimum atomic E-state index is -0.866. The lowest BCUT2D eigenvalue weighted by Crippen LogP contribution is -2.29. The lowest BCUT2D eigenvalue weighted by atomic mass is 9.97. The van der Waals surface area contributed by atoms with Crippen molar-refractivity contribution in [2.75, 3.05) is 20.3 Å². The van der Waals surface area contributed by atoms with E-state index in [2.05, 4.69) is 15.9 Å². The van der Waals surface area contributed by atoms with Crippen LogP contribution in [0.15, 0.2) is 53.0 Å². The zero-order valence-electron chi connectivity index (χ0n) is 11.1. The van der Waals surface area contributed by atoms with Crippen LogP contribution < -0.4 is 4.74 Å². The average molecular weight is 335 g/mol. The number of halogens is 1. The van der Waals surface area contributed by atoms with Crippen LogP contribution in [0.2, 0.25) is 0 Å². The summed E-state index contributed by atoms with van der Waals surface area (Å²) < 4.78 is 18.2. The van der Waals surface area contributed by atoms with Gasteiger partial charge in [-0.2, -0.15) is 0 Å². The van der Waals surface area contributed by atoms with Gasteiger partial charge in [-0.3, -0.25) is 0 Å². The summed E-state index contributed by atoms with van der Waals surface area (Å²) in [7, 11) is 1.65. The number of methoxy groups -OCH3 is 1. The van der Waals surface area contributed by atoms with Crippen LogP contribution in [0.3, 0.4) is 0 Å². The van der Waals surface area contributed by atoms with Crippen LogP contribution >= 0.6 is 15.9 Å². The second-order valence-electron chi connectivity index (χ2n) is 4.53. The maximum Gasteiger partial charge on any atom is 0.223 e. The van der Waals surface area contributed by atoms with Gasteiger partial charge < -0.3 is 14.2 Å². The third kappa shape index (κ3) is 2.24. The molecule has 1 heterocycles. The van der Waals surface area contributed by atoms with Gasteiger partial charge in [-0.25, -0.2) is 0 Å². The number of benzene rings is 2. The predicted octanol–water partition coefficient (Wildman–Crippen LogP) is 3.71. The van der Waals surface area contributed by atoms with Crippen LogP contribution in [0.5, 0.6) is 5.75 Å². The Morgan fingerprint density at radius 1 is 1.05 bits per heavy atom. The molecule has 1 aliphatic rings. The fourth-order valence-corrected chi connectivity index (χ4v) is 2.94. The van der Waals surface area contributed by atoms with E-state index >= 15 is 0 Å². The number of ether oxygens (including phenoxy) is 3. The van der Waals surface area contributed by atoms with Crippen molar-refractivity contribution in [3.8, 4) is 5.75 Å². The molecule has 3 nitrogen and oxygen atoms in total. The molecule has 0 aromatic heterocycles. The van der Waals surface area contributed by atoms with Gasteiger partial charge in [0.2, 0.25) is 5.79 Å². The summed E-state index contributed by atoms with van der Waals surface area (Å²) in [5.74, 6) is -0.0909. The SMILES string of the molecule is COc1ccc(Br)c(C2(c3ccccc3)OCCO2)c1. The standard InChI is InChI=1S/C16H15BrO3/c1-18-13-7-8-15(17)14(11-13)16(19-9-10-20-16)12-5-3-2-4-6-12/h2-8,11H,9-10H2,1H3. The molecule has 1 aliphatic heterocycles. The maximum atomic E-state index is 5.99. The predicted molar refractivity (Wildman–Crippen MR) is 79.8 cm³/mol. The van der Waals surface area contributed by atoms with E-state index in [0.29, 0.717) is 13.2 Å². The van der Waals surface area contributed by atoms with Gasteiger partial charge >= 0.3 is 0 Å². The first-order valence-corrected chi connectivity index (χ1v) is 7.23. The summed E-state index contributed by atoms with van der Waals surface area (Å²) in [6.07, 6.45) is 0. The zero-order chi connectivity index (χ0) is 14.0. The molecule has 0 spiro atoms. The molecule has 3 rings (SSSR count). The van der Waals surface area contributed by atoms with E-state index in [1.54, 1.807) is 7.11 Å². The lowest BCUT2D eigenvalue weighted by molar-refractivity contribution is -0.130. The van der Waals surface area contributed by atoms with Crippen molar-refractivity contribution >= 4 is 15.9 Å². The quantitative estimate of drug-likeness (QED) is 0.856. The largest absolute Gasteiger partial charge is 0.497 e. The fourth-order valence-electron chi connectivity index (χ4n) is 2.43. The summed E-state index contributed by atoms with van der Waals surface area (Å²) in [4.78, 5) is 0. The van der Waals surface area contributed by atoms with Crippen molar-refractivity contribution in [1.82, 2.24) is 0 Å². The van der Waals surface area contributed by atoms with E-state index in [-0.39, 0.29) is 0 Å². The van der Waals surface area contributed by atoms with Crippen molar-refractivity contribution in [2.24, 2.45) is 0 Å². The van der Waals surface area contributed by atoms with Crippen LogP contribution in [0, 0.1) is 0 Å². The molecule has 2 aromatic carbocycles. The molecule has 0 saturated carbocycles. The molecule has 104 valence electrons. The number of rotatable bonds is 3. The molecule has 0 atom stereocenters. The molecule has 0 N–H and O–H groups in total. The molecule has 4 heteroatoms. The zero-order valence-corrected chi connectivity index (χ0v) is 12.7. The monoisotopic (exact) mass is 334 g/mol. The van der Waals surface area contributed by atoms with E-state index < -0.39 is 5.79 Å². The van der Waals surface area contributed by atoms with Crippen LogP contribution in [-0.4, -0.2) is 20.3 Å². The topological polar surface area (TPSA) is 27.7 Å². The molecule has 1 fully saturated rings. The Balaban J connectivity index is 2.17. The van der Waals surface area contributed by atoms with E-state index in [1.165, 1.54) is 0 Å². The van der Waals surface area contributed by atoms with Crippen LogP contribution in [0.1, 0.15) is 11.1 Å². The summed E-state index contributed by atoms with van der Waals surface area (Å²) in [6, 6.07) is 15.8.